The quantitative estimate of drug-likeness (QED) is 0.450. The average Bonchev–Trinajstić information content (AvgIpc) is 2.94. The Labute approximate surface area is 229 Å². The van der Waals surface area contributed by atoms with Crippen molar-refractivity contribution < 1.29 is 19.1 Å². The third-order valence-corrected chi connectivity index (χ3v) is 7.54. The highest BCUT2D eigenvalue weighted by molar-refractivity contribution is 7.09. The van der Waals surface area contributed by atoms with E-state index in [4.69, 9.17) is 9.47 Å². The van der Waals surface area contributed by atoms with Crippen LogP contribution in [0.3, 0.4) is 0 Å². The number of aryl methyl sites for hydroxylation is 1. The molecule has 1 aliphatic heterocycles. The van der Waals surface area contributed by atoms with E-state index in [0.717, 1.165) is 27.5 Å². The molecule has 5 rings (SSSR count). The SMILES string of the molecule is COc1ccc(C2=NN(CC(=O)Nc3cccc(-c4nnc(=O)sc4C)c3)C(=O)[C@@H]3CC=CC[C@H]23)cc1OC. The summed E-state index contributed by atoms with van der Waals surface area (Å²) in [6.07, 6.45) is 5.34. The van der Waals surface area contributed by atoms with Crippen molar-refractivity contribution in [3.63, 3.8) is 0 Å². The molecule has 0 saturated heterocycles. The minimum absolute atomic E-state index is 0.0949. The molecule has 1 N–H and O–H groups in total. The molecule has 0 saturated carbocycles. The molecule has 10 nitrogen and oxygen atoms in total. The topological polar surface area (TPSA) is 123 Å². The molecule has 2 amide bonds. The summed E-state index contributed by atoms with van der Waals surface area (Å²) in [4.78, 5) is 38.3. The van der Waals surface area contributed by atoms with E-state index in [-0.39, 0.29) is 35.1 Å². The van der Waals surface area contributed by atoms with Gasteiger partial charge >= 0.3 is 4.87 Å². The minimum Gasteiger partial charge on any atom is -0.493 e. The van der Waals surface area contributed by atoms with Gasteiger partial charge in [0.1, 0.15) is 12.2 Å². The Kier molecular flexibility index (Phi) is 7.51. The molecule has 1 aliphatic carbocycles. The van der Waals surface area contributed by atoms with E-state index in [0.29, 0.717) is 41.3 Å². The molecule has 0 spiro atoms. The molecule has 1 aromatic heterocycles. The highest BCUT2D eigenvalue weighted by Gasteiger charge is 2.40. The standard InChI is InChI=1S/C28H27N5O5S/c1-16-25(30-31-28(36)39-16)17-7-6-8-19(13-17)29-24(34)15-33-27(35)21-10-5-4-9-20(21)26(32-33)18-11-12-22(37-2)23(14-18)38-3/h4-8,11-14,20-21H,9-10,15H2,1-3H3,(H,29,34)/t20-,21+/m0/s1. The van der Waals surface area contributed by atoms with Crippen LogP contribution >= 0.6 is 11.3 Å². The van der Waals surface area contributed by atoms with Crippen molar-refractivity contribution in [1.29, 1.82) is 0 Å². The summed E-state index contributed by atoms with van der Waals surface area (Å²) < 4.78 is 10.8. The van der Waals surface area contributed by atoms with Crippen LogP contribution in [0.4, 0.5) is 5.69 Å². The van der Waals surface area contributed by atoms with E-state index in [1.54, 1.807) is 39.3 Å². The second-order valence-corrected chi connectivity index (χ2v) is 10.4. The minimum atomic E-state index is -0.388. The van der Waals surface area contributed by atoms with E-state index < -0.39 is 0 Å². The monoisotopic (exact) mass is 545 g/mol. The maximum absolute atomic E-state index is 13.4. The Bertz CT molecular complexity index is 1550. The molecule has 39 heavy (non-hydrogen) atoms. The van der Waals surface area contributed by atoms with Gasteiger partial charge in [-0.1, -0.05) is 40.7 Å². The number of methoxy groups -OCH3 is 2. The fourth-order valence-electron chi connectivity index (χ4n) is 4.92. The number of benzene rings is 2. The Morgan fingerprint density at radius 2 is 1.77 bits per heavy atom. The molecule has 0 bridgehead atoms. The number of aromatic nitrogens is 2. The fraction of sp³-hybridized carbons (Fsp3) is 0.286. The van der Waals surface area contributed by atoms with Crippen molar-refractivity contribution in [3.8, 4) is 22.8 Å². The number of amides is 2. The highest BCUT2D eigenvalue weighted by Crippen LogP contribution is 2.37. The van der Waals surface area contributed by atoms with Gasteiger partial charge in [-0.2, -0.15) is 5.10 Å². The molecule has 2 aromatic carbocycles. The van der Waals surface area contributed by atoms with Crippen molar-refractivity contribution in [2.75, 3.05) is 26.1 Å². The van der Waals surface area contributed by atoms with E-state index in [1.165, 1.54) is 5.01 Å². The Morgan fingerprint density at radius 1 is 1.00 bits per heavy atom. The van der Waals surface area contributed by atoms with Crippen LogP contribution in [-0.4, -0.2) is 53.5 Å². The summed E-state index contributed by atoms with van der Waals surface area (Å²) in [6.45, 7) is 1.56. The molecule has 2 atom stereocenters. The van der Waals surface area contributed by atoms with Crippen LogP contribution in [0.25, 0.3) is 11.3 Å². The lowest BCUT2D eigenvalue weighted by Crippen LogP contribution is -2.47. The van der Waals surface area contributed by atoms with Gasteiger partial charge in [0.05, 0.1) is 25.8 Å². The maximum Gasteiger partial charge on any atom is 0.345 e. The zero-order valence-corrected chi connectivity index (χ0v) is 22.5. The number of hydrogen-bond acceptors (Lipinski definition) is 9. The Morgan fingerprint density at radius 3 is 2.51 bits per heavy atom. The Balaban J connectivity index is 1.40. The van der Waals surface area contributed by atoms with Crippen LogP contribution in [0, 0.1) is 18.8 Å². The molecule has 2 aliphatic rings. The largest absolute Gasteiger partial charge is 0.493 e. The van der Waals surface area contributed by atoms with Crippen molar-refractivity contribution in [2.24, 2.45) is 16.9 Å². The number of hydrazone groups is 1. The zero-order chi connectivity index (χ0) is 27.5. The third kappa shape index (κ3) is 5.44. The number of ether oxygens (including phenoxy) is 2. The van der Waals surface area contributed by atoms with Gasteiger partial charge in [0.15, 0.2) is 11.5 Å². The molecule has 0 unspecified atom stereocenters. The number of allylic oxidation sites excluding steroid dienone is 2. The lowest BCUT2D eigenvalue weighted by Gasteiger charge is -2.36. The van der Waals surface area contributed by atoms with Crippen LogP contribution in [0.1, 0.15) is 23.3 Å². The first-order valence-corrected chi connectivity index (χ1v) is 13.2. The van der Waals surface area contributed by atoms with Crippen LogP contribution in [0.15, 0.2) is 64.5 Å². The van der Waals surface area contributed by atoms with Crippen molar-refractivity contribution in [2.45, 2.75) is 19.8 Å². The number of nitrogens with zero attached hydrogens (tertiary/aromatic N) is 4. The summed E-state index contributed by atoms with van der Waals surface area (Å²) in [6, 6.07) is 12.6. The van der Waals surface area contributed by atoms with Crippen LogP contribution in [0.2, 0.25) is 0 Å². The third-order valence-electron chi connectivity index (χ3n) is 6.78. The van der Waals surface area contributed by atoms with Crippen molar-refractivity contribution >= 4 is 34.6 Å². The van der Waals surface area contributed by atoms with Gasteiger partial charge < -0.3 is 14.8 Å². The Hall–Kier alpha value is -4.38. The van der Waals surface area contributed by atoms with Gasteiger partial charge in [-0.15, -0.1) is 5.10 Å². The summed E-state index contributed by atoms with van der Waals surface area (Å²) >= 11 is 1.01. The van der Waals surface area contributed by atoms with Gasteiger partial charge in [0, 0.05) is 27.6 Å². The van der Waals surface area contributed by atoms with Crippen molar-refractivity contribution in [3.05, 3.63) is 74.7 Å². The number of rotatable bonds is 7. The van der Waals surface area contributed by atoms with Gasteiger partial charge in [0.2, 0.25) is 11.8 Å². The molecule has 200 valence electrons. The second-order valence-electron chi connectivity index (χ2n) is 9.21. The van der Waals surface area contributed by atoms with E-state index in [9.17, 15) is 14.4 Å². The molecular weight excluding hydrogens is 518 g/mol. The number of hydrogen-bond donors (Lipinski definition) is 1. The summed E-state index contributed by atoms with van der Waals surface area (Å²) in [5.74, 6) is 0.190. The molecule has 0 radical (unpaired) electrons. The van der Waals surface area contributed by atoms with Crippen LogP contribution < -0.4 is 19.7 Å². The van der Waals surface area contributed by atoms with Gasteiger partial charge in [-0.3, -0.25) is 14.4 Å². The molecule has 3 aromatic rings. The average molecular weight is 546 g/mol. The summed E-state index contributed by atoms with van der Waals surface area (Å²) in [7, 11) is 3.14. The number of carbonyl (C=O) groups excluding carboxylic acids is 2. The van der Waals surface area contributed by atoms with Crippen LogP contribution in [0.5, 0.6) is 11.5 Å². The highest BCUT2D eigenvalue weighted by atomic mass is 32.1. The van der Waals surface area contributed by atoms with Crippen LogP contribution in [-0.2, 0) is 9.59 Å². The van der Waals surface area contributed by atoms with Gasteiger partial charge in [-0.05, 0) is 50.1 Å². The molecule has 2 heterocycles. The van der Waals surface area contributed by atoms with E-state index in [1.807, 2.05) is 30.3 Å². The predicted molar refractivity (Wildman–Crippen MR) is 148 cm³/mol. The van der Waals surface area contributed by atoms with Crippen molar-refractivity contribution in [1.82, 2.24) is 15.2 Å². The fourth-order valence-corrected chi connectivity index (χ4v) is 5.52. The number of anilines is 1. The second kappa shape index (κ2) is 11.2. The molecule has 0 fully saturated rings. The van der Waals surface area contributed by atoms with E-state index in [2.05, 4.69) is 26.7 Å². The lowest BCUT2D eigenvalue weighted by molar-refractivity contribution is -0.140. The first kappa shape index (κ1) is 26.2. The van der Waals surface area contributed by atoms with E-state index >= 15 is 0 Å². The summed E-state index contributed by atoms with van der Waals surface area (Å²) in [5.41, 5.74) is 3.36. The first-order chi connectivity index (χ1) is 18.9. The smallest absolute Gasteiger partial charge is 0.345 e. The lowest BCUT2D eigenvalue weighted by atomic mass is 9.76. The molecular formula is C28H27N5O5S. The van der Waals surface area contributed by atoms with Gasteiger partial charge in [0.25, 0.3) is 0 Å². The van der Waals surface area contributed by atoms with Gasteiger partial charge in [-0.25, -0.2) is 5.01 Å². The molecule has 11 heteroatoms. The first-order valence-electron chi connectivity index (χ1n) is 12.4. The normalized spacial score (nSPS) is 18.3. The number of fused-ring (bicyclic) bond motifs is 1. The maximum atomic E-state index is 13.4. The number of nitrogens with one attached hydrogen (secondary N) is 1. The number of carbonyl (C=O) groups is 2. The summed E-state index contributed by atoms with van der Waals surface area (Å²) in [5, 5.41) is 16.4. The zero-order valence-electron chi connectivity index (χ0n) is 21.7. The predicted octanol–water partition coefficient (Wildman–Crippen LogP) is 3.66.